The molecule has 0 spiro atoms. The third-order valence-corrected chi connectivity index (χ3v) is 3.35. The van der Waals surface area contributed by atoms with Gasteiger partial charge in [-0.2, -0.15) is 0 Å². The van der Waals surface area contributed by atoms with Gasteiger partial charge >= 0.3 is 0 Å². The van der Waals surface area contributed by atoms with E-state index in [2.05, 4.69) is 42.5 Å². The topological polar surface area (TPSA) is 12.0 Å². The minimum Gasteiger partial charge on any atom is -0.313 e. The zero-order chi connectivity index (χ0) is 10.7. The summed E-state index contributed by atoms with van der Waals surface area (Å²) in [5, 5.41) is 3.33. The van der Waals surface area contributed by atoms with E-state index in [-0.39, 0.29) is 5.41 Å². The van der Waals surface area contributed by atoms with Crippen LogP contribution in [0.5, 0.6) is 0 Å². The van der Waals surface area contributed by atoms with Crippen LogP contribution in [0.3, 0.4) is 0 Å². The molecule has 1 heterocycles. The van der Waals surface area contributed by atoms with E-state index in [1.807, 2.05) is 0 Å². The van der Waals surface area contributed by atoms with Gasteiger partial charge in [0.15, 0.2) is 0 Å². The number of hydrogen-bond donors (Lipinski definition) is 1. The fraction of sp³-hybridized carbons (Fsp3) is 0.429. The minimum absolute atomic E-state index is 0.136. The first kappa shape index (κ1) is 10.3. The predicted molar refractivity (Wildman–Crippen MR) is 64.3 cm³/mol. The third-order valence-electron chi connectivity index (χ3n) is 3.35. The Labute approximate surface area is 92.0 Å². The first-order chi connectivity index (χ1) is 7.32. The highest BCUT2D eigenvalue weighted by Gasteiger charge is 2.32. The molecular weight excluding hydrogens is 182 g/mol. The Morgan fingerprint density at radius 1 is 1.60 bits per heavy atom. The molecular formula is C14H17N. The van der Waals surface area contributed by atoms with Crippen molar-refractivity contribution < 1.29 is 0 Å². The molecule has 0 aromatic heterocycles. The second-order valence-electron chi connectivity index (χ2n) is 4.09. The van der Waals surface area contributed by atoms with E-state index >= 15 is 0 Å². The zero-order valence-corrected chi connectivity index (χ0v) is 9.22. The number of hydrogen-bond acceptors (Lipinski definition) is 1. The maximum atomic E-state index is 5.69. The standard InChI is InChI=1S/C14H17N/c1-3-14(4-2)9-5-6-13(14)12-7-10-15-11-8-12/h1,5-7,9,15H,4,8,10-11H2,2H3. The van der Waals surface area contributed by atoms with E-state index in [1.165, 1.54) is 11.1 Å². The largest absolute Gasteiger partial charge is 0.313 e. The molecule has 0 radical (unpaired) electrons. The average molecular weight is 199 g/mol. The molecule has 1 aliphatic heterocycles. The first-order valence-electron chi connectivity index (χ1n) is 5.60. The maximum Gasteiger partial charge on any atom is 0.0743 e. The molecule has 0 bridgehead atoms. The summed E-state index contributed by atoms with van der Waals surface area (Å²) < 4.78 is 0. The lowest BCUT2D eigenvalue weighted by Crippen LogP contribution is -2.25. The fourth-order valence-electron chi connectivity index (χ4n) is 2.34. The minimum atomic E-state index is -0.136. The Morgan fingerprint density at radius 3 is 3.07 bits per heavy atom. The normalized spacial score (nSPS) is 29.6. The lowest BCUT2D eigenvalue weighted by Gasteiger charge is -2.27. The van der Waals surface area contributed by atoms with E-state index in [0.717, 1.165) is 25.9 Å². The van der Waals surface area contributed by atoms with Crippen LogP contribution >= 0.6 is 0 Å². The Morgan fingerprint density at radius 2 is 2.47 bits per heavy atom. The van der Waals surface area contributed by atoms with Crippen molar-refractivity contribution in [2.45, 2.75) is 19.8 Å². The molecule has 1 N–H and O–H groups in total. The van der Waals surface area contributed by atoms with Crippen LogP contribution in [-0.4, -0.2) is 13.1 Å². The van der Waals surface area contributed by atoms with Crippen molar-refractivity contribution >= 4 is 0 Å². The van der Waals surface area contributed by atoms with Gasteiger partial charge in [-0.3, -0.25) is 0 Å². The van der Waals surface area contributed by atoms with Gasteiger partial charge in [-0.1, -0.05) is 37.1 Å². The van der Waals surface area contributed by atoms with Crippen LogP contribution in [0.4, 0.5) is 0 Å². The number of rotatable bonds is 2. The molecule has 1 atom stereocenters. The summed E-state index contributed by atoms with van der Waals surface area (Å²) in [6.07, 6.45) is 16.5. The molecule has 0 fully saturated rings. The Balaban J connectivity index is 2.31. The Hall–Kier alpha value is -1.26. The van der Waals surface area contributed by atoms with Gasteiger partial charge < -0.3 is 5.32 Å². The van der Waals surface area contributed by atoms with Gasteiger partial charge in [-0.25, -0.2) is 0 Å². The summed E-state index contributed by atoms with van der Waals surface area (Å²) in [5.74, 6) is 2.96. The van der Waals surface area contributed by atoms with Crippen molar-refractivity contribution in [1.29, 1.82) is 0 Å². The van der Waals surface area contributed by atoms with Crippen LogP contribution in [0.1, 0.15) is 19.8 Å². The molecule has 0 saturated heterocycles. The van der Waals surface area contributed by atoms with E-state index in [4.69, 9.17) is 6.42 Å². The third kappa shape index (κ3) is 1.66. The van der Waals surface area contributed by atoms with Gasteiger partial charge in [-0.05, 0) is 30.5 Å². The van der Waals surface area contributed by atoms with Gasteiger partial charge in [0.2, 0.25) is 0 Å². The molecule has 1 nitrogen and oxygen atoms in total. The predicted octanol–water partition coefficient (Wildman–Crippen LogP) is 2.43. The highest BCUT2D eigenvalue weighted by atomic mass is 14.8. The Kier molecular flexibility index (Phi) is 2.79. The van der Waals surface area contributed by atoms with Crippen molar-refractivity contribution in [1.82, 2.24) is 5.32 Å². The molecule has 0 aromatic rings. The van der Waals surface area contributed by atoms with Gasteiger partial charge in [0.25, 0.3) is 0 Å². The SMILES string of the molecule is C#CC1(CC)C=CC=C1C1=CCNCC1. The Bertz CT molecular complexity index is 379. The van der Waals surface area contributed by atoms with Crippen molar-refractivity contribution in [2.24, 2.45) is 5.41 Å². The van der Waals surface area contributed by atoms with Crippen molar-refractivity contribution in [3.8, 4) is 12.3 Å². The first-order valence-corrected chi connectivity index (χ1v) is 5.60. The van der Waals surface area contributed by atoms with Crippen molar-refractivity contribution in [2.75, 3.05) is 13.1 Å². The number of allylic oxidation sites excluding steroid dienone is 4. The van der Waals surface area contributed by atoms with Crippen LogP contribution in [0, 0.1) is 17.8 Å². The lowest BCUT2D eigenvalue weighted by molar-refractivity contribution is 0.586. The molecule has 2 rings (SSSR count). The van der Waals surface area contributed by atoms with Crippen molar-refractivity contribution in [3.63, 3.8) is 0 Å². The van der Waals surface area contributed by atoms with E-state index in [9.17, 15) is 0 Å². The van der Waals surface area contributed by atoms with Gasteiger partial charge in [0.1, 0.15) is 0 Å². The fourth-order valence-corrected chi connectivity index (χ4v) is 2.34. The molecule has 1 unspecified atom stereocenters. The van der Waals surface area contributed by atoms with E-state index in [1.54, 1.807) is 0 Å². The monoisotopic (exact) mass is 199 g/mol. The maximum absolute atomic E-state index is 5.69. The molecule has 0 amide bonds. The van der Waals surface area contributed by atoms with Crippen LogP contribution in [0.2, 0.25) is 0 Å². The summed E-state index contributed by atoms with van der Waals surface area (Å²) in [6, 6.07) is 0. The molecule has 2 aliphatic rings. The summed E-state index contributed by atoms with van der Waals surface area (Å²) in [4.78, 5) is 0. The summed E-state index contributed by atoms with van der Waals surface area (Å²) in [7, 11) is 0. The quantitative estimate of drug-likeness (QED) is 0.673. The van der Waals surface area contributed by atoms with Gasteiger partial charge in [-0.15, -0.1) is 6.42 Å². The lowest BCUT2D eigenvalue weighted by atomic mass is 9.76. The number of nitrogens with one attached hydrogen (secondary N) is 1. The molecule has 0 aromatic carbocycles. The van der Waals surface area contributed by atoms with Crippen LogP contribution in [-0.2, 0) is 0 Å². The van der Waals surface area contributed by atoms with Gasteiger partial charge in [0, 0.05) is 6.54 Å². The van der Waals surface area contributed by atoms with Crippen LogP contribution in [0.15, 0.2) is 35.5 Å². The average Bonchev–Trinajstić information content (AvgIpc) is 2.74. The second kappa shape index (κ2) is 4.08. The molecule has 15 heavy (non-hydrogen) atoms. The van der Waals surface area contributed by atoms with Crippen LogP contribution < -0.4 is 5.32 Å². The van der Waals surface area contributed by atoms with Crippen molar-refractivity contribution in [3.05, 3.63) is 35.5 Å². The van der Waals surface area contributed by atoms with Crippen LogP contribution in [0.25, 0.3) is 0 Å². The van der Waals surface area contributed by atoms with Gasteiger partial charge in [0.05, 0.1) is 5.41 Å². The highest BCUT2D eigenvalue weighted by Crippen LogP contribution is 2.41. The zero-order valence-electron chi connectivity index (χ0n) is 9.22. The molecule has 78 valence electrons. The smallest absolute Gasteiger partial charge is 0.0743 e. The van der Waals surface area contributed by atoms with E-state index < -0.39 is 0 Å². The summed E-state index contributed by atoms with van der Waals surface area (Å²) >= 11 is 0. The summed E-state index contributed by atoms with van der Waals surface area (Å²) in [6.45, 7) is 4.19. The van der Waals surface area contributed by atoms with E-state index in [0.29, 0.717) is 0 Å². The summed E-state index contributed by atoms with van der Waals surface area (Å²) in [5.41, 5.74) is 2.64. The molecule has 0 saturated carbocycles. The highest BCUT2D eigenvalue weighted by molar-refractivity contribution is 5.52. The second-order valence-corrected chi connectivity index (χ2v) is 4.09. The molecule has 1 aliphatic carbocycles. The number of terminal acetylenes is 1. The molecule has 1 heteroatoms.